The number of benzene rings is 9. The Hall–Kier alpha value is -7.16. The second-order valence-corrected chi connectivity index (χ2v) is 15.8. The third-order valence-electron chi connectivity index (χ3n) is 12.1. The van der Waals surface area contributed by atoms with Gasteiger partial charge in [-0.05, 0) is 101 Å². The van der Waals surface area contributed by atoms with Gasteiger partial charge in [0.1, 0.15) is 0 Å². The lowest BCUT2D eigenvalue weighted by atomic mass is 9.79. The predicted octanol–water partition coefficient (Wildman–Crippen LogP) is 14.6. The summed E-state index contributed by atoms with van der Waals surface area (Å²) >= 11 is 0. The molecular formula is C55H38N2. The lowest BCUT2D eigenvalue weighted by Crippen LogP contribution is -2.15. The number of nitrogens with zero attached hydrogens (tertiary/aromatic N) is 2. The van der Waals surface area contributed by atoms with Crippen LogP contribution in [-0.4, -0.2) is 9.97 Å². The molecule has 0 saturated heterocycles. The van der Waals surface area contributed by atoms with Gasteiger partial charge in [-0.25, -0.2) is 9.97 Å². The first kappa shape index (κ1) is 33.2. The van der Waals surface area contributed by atoms with Crippen LogP contribution in [0.3, 0.4) is 0 Å². The molecular weight excluding hydrogens is 689 g/mol. The normalized spacial score (nSPS) is 12.9. The van der Waals surface area contributed by atoms with E-state index in [1.165, 1.54) is 71.4 Å². The van der Waals surface area contributed by atoms with E-state index in [2.05, 4.69) is 202 Å². The summed E-state index contributed by atoms with van der Waals surface area (Å²) in [6, 6.07) is 70.1. The van der Waals surface area contributed by atoms with E-state index >= 15 is 0 Å². The minimum absolute atomic E-state index is 0.132. The second kappa shape index (κ2) is 13.0. The van der Waals surface area contributed by atoms with Crippen LogP contribution < -0.4 is 0 Å². The molecule has 10 aromatic rings. The van der Waals surface area contributed by atoms with E-state index in [0.29, 0.717) is 5.82 Å². The van der Waals surface area contributed by atoms with E-state index in [9.17, 15) is 0 Å². The standard InChI is InChI=1S/C55H38N2/c1-55(2)50-33-42(27-28-47(50)48-29-26-37-13-8-9-17-44(37)53(48)55)43-30-31-49(46-19-11-10-18-45(43)46)54-56-51(38-14-4-3-5-15-38)34-52(57-54)39-23-20-36(21-24-39)41-25-22-35-12-6-7-16-40(35)32-41/h3-34H,1-2H3. The largest absolute Gasteiger partial charge is 0.228 e. The van der Waals surface area contributed by atoms with Crippen molar-refractivity contribution in [2.75, 3.05) is 0 Å². The monoisotopic (exact) mass is 726 g/mol. The Balaban J connectivity index is 1.02. The third kappa shape index (κ3) is 5.48. The lowest BCUT2D eigenvalue weighted by Gasteiger charge is -2.24. The summed E-state index contributed by atoms with van der Waals surface area (Å²) < 4.78 is 0. The van der Waals surface area contributed by atoms with E-state index in [-0.39, 0.29) is 5.41 Å². The number of hydrogen-bond donors (Lipinski definition) is 0. The minimum atomic E-state index is -0.132. The zero-order chi connectivity index (χ0) is 38.1. The van der Waals surface area contributed by atoms with Crippen molar-refractivity contribution in [2.45, 2.75) is 19.3 Å². The topological polar surface area (TPSA) is 25.8 Å². The van der Waals surface area contributed by atoms with Crippen LogP contribution in [0.25, 0.3) is 99.6 Å². The zero-order valence-electron chi connectivity index (χ0n) is 31.9. The van der Waals surface area contributed by atoms with Gasteiger partial charge in [0.25, 0.3) is 0 Å². The van der Waals surface area contributed by atoms with Gasteiger partial charge in [-0.1, -0.05) is 184 Å². The van der Waals surface area contributed by atoms with Crippen molar-refractivity contribution in [1.82, 2.24) is 9.97 Å². The van der Waals surface area contributed by atoms with Crippen LogP contribution in [0.4, 0.5) is 0 Å². The summed E-state index contributed by atoms with van der Waals surface area (Å²) in [5.41, 5.74) is 15.0. The molecule has 0 atom stereocenters. The molecule has 2 nitrogen and oxygen atoms in total. The van der Waals surface area contributed by atoms with E-state index in [1.54, 1.807) is 0 Å². The molecule has 0 radical (unpaired) electrons. The quantitative estimate of drug-likeness (QED) is 0.176. The average molecular weight is 727 g/mol. The van der Waals surface area contributed by atoms with E-state index in [4.69, 9.17) is 9.97 Å². The summed E-state index contributed by atoms with van der Waals surface area (Å²) in [4.78, 5) is 10.5. The molecule has 57 heavy (non-hydrogen) atoms. The molecule has 1 aliphatic carbocycles. The highest BCUT2D eigenvalue weighted by Crippen LogP contribution is 2.52. The molecule has 0 spiro atoms. The molecule has 0 unspecified atom stereocenters. The molecule has 0 bridgehead atoms. The first-order valence-corrected chi connectivity index (χ1v) is 19.7. The van der Waals surface area contributed by atoms with Gasteiger partial charge in [0, 0.05) is 22.1 Å². The van der Waals surface area contributed by atoms with Gasteiger partial charge in [-0.2, -0.15) is 0 Å². The van der Waals surface area contributed by atoms with Crippen molar-refractivity contribution >= 4 is 32.3 Å². The van der Waals surface area contributed by atoms with Crippen LogP contribution in [0.5, 0.6) is 0 Å². The lowest BCUT2D eigenvalue weighted by molar-refractivity contribution is 0.666. The molecule has 9 aromatic carbocycles. The van der Waals surface area contributed by atoms with Gasteiger partial charge in [0.2, 0.25) is 0 Å². The molecule has 0 aliphatic heterocycles. The summed E-state index contributed by atoms with van der Waals surface area (Å²) in [5, 5.41) is 7.43. The fourth-order valence-corrected chi connectivity index (χ4v) is 9.19. The highest BCUT2D eigenvalue weighted by atomic mass is 14.9. The Labute approximate surface area is 332 Å². The van der Waals surface area contributed by atoms with Crippen LogP contribution in [0.2, 0.25) is 0 Å². The smallest absolute Gasteiger partial charge is 0.161 e. The fourth-order valence-electron chi connectivity index (χ4n) is 9.19. The summed E-state index contributed by atoms with van der Waals surface area (Å²) in [6.45, 7) is 4.75. The Morgan fingerprint density at radius 3 is 1.63 bits per heavy atom. The van der Waals surface area contributed by atoms with Crippen molar-refractivity contribution in [3.63, 3.8) is 0 Å². The van der Waals surface area contributed by atoms with Crippen molar-refractivity contribution in [3.05, 3.63) is 205 Å². The van der Waals surface area contributed by atoms with Crippen LogP contribution in [0.1, 0.15) is 25.0 Å². The molecule has 0 saturated carbocycles. The number of fused-ring (bicyclic) bond motifs is 7. The fraction of sp³-hybridized carbons (Fsp3) is 0.0545. The maximum absolute atomic E-state index is 5.30. The highest BCUT2D eigenvalue weighted by Gasteiger charge is 2.37. The summed E-state index contributed by atoms with van der Waals surface area (Å²) in [5.74, 6) is 0.713. The predicted molar refractivity (Wildman–Crippen MR) is 239 cm³/mol. The van der Waals surface area contributed by atoms with Crippen molar-refractivity contribution in [2.24, 2.45) is 0 Å². The van der Waals surface area contributed by atoms with Crippen LogP contribution in [-0.2, 0) is 5.41 Å². The number of rotatable bonds is 5. The van der Waals surface area contributed by atoms with Crippen LogP contribution in [0.15, 0.2) is 194 Å². The Kier molecular flexibility index (Phi) is 7.55. The molecule has 1 aromatic heterocycles. The van der Waals surface area contributed by atoms with Gasteiger partial charge in [0.05, 0.1) is 11.4 Å². The Bertz CT molecular complexity index is 3190. The van der Waals surface area contributed by atoms with Crippen molar-refractivity contribution in [1.29, 1.82) is 0 Å². The Morgan fingerprint density at radius 2 is 0.860 bits per heavy atom. The Morgan fingerprint density at radius 1 is 0.333 bits per heavy atom. The first-order valence-electron chi connectivity index (χ1n) is 19.7. The van der Waals surface area contributed by atoms with Gasteiger partial charge >= 0.3 is 0 Å². The van der Waals surface area contributed by atoms with Crippen molar-refractivity contribution < 1.29 is 0 Å². The number of hydrogen-bond acceptors (Lipinski definition) is 2. The second-order valence-electron chi connectivity index (χ2n) is 15.8. The first-order chi connectivity index (χ1) is 28.0. The molecule has 1 aliphatic rings. The summed E-state index contributed by atoms with van der Waals surface area (Å²) in [6.07, 6.45) is 0. The number of aromatic nitrogens is 2. The molecule has 268 valence electrons. The van der Waals surface area contributed by atoms with Gasteiger partial charge in [0.15, 0.2) is 5.82 Å². The molecule has 2 heteroatoms. The molecule has 1 heterocycles. The van der Waals surface area contributed by atoms with Crippen molar-refractivity contribution in [3.8, 4) is 67.3 Å². The summed E-state index contributed by atoms with van der Waals surface area (Å²) in [7, 11) is 0. The van der Waals surface area contributed by atoms with E-state index < -0.39 is 0 Å². The SMILES string of the molecule is CC1(C)c2cc(-c3ccc(-c4nc(-c5ccccc5)cc(-c5ccc(-c6ccc7ccccc7c6)cc5)n4)c4ccccc34)ccc2-c2ccc3ccccc3c21. The molecule has 0 amide bonds. The molecule has 11 rings (SSSR count). The van der Waals surface area contributed by atoms with Crippen LogP contribution in [0, 0.1) is 0 Å². The third-order valence-corrected chi connectivity index (χ3v) is 12.1. The van der Waals surface area contributed by atoms with E-state index in [1.807, 2.05) is 6.07 Å². The highest BCUT2D eigenvalue weighted by molar-refractivity contribution is 6.05. The maximum Gasteiger partial charge on any atom is 0.161 e. The molecule has 0 fully saturated rings. The van der Waals surface area contributed by atoms with E-state index in [0.717, 1.165) is 33.5 Å². The van der Waals surface area contributed by atoms with Gasteiger partial charge in [-0.3, -0.25) is 0 Å². The average Bonchev–Trinajstić information content (AvgIpc) is 3.51. The zero-order valence-corrected chi connectivity index (χ0v) is 31.9. The maximum atomic E-state index is 5.30. The molecule has 0 N–H and O–H groups in total. The van der Waals surface area contributed by atoms with Gasteiger partial charge < -0.3 is 0 Å². The van der Waals surface area contributed by atoms with Gasteiger partial charge in [-0.15, -0.1) is 0 Å². The minimum Gasteiger partial charge on any atom is -0.228 e. The van der Waals surface area contributed by atoms with Crippen LogP contribution >= 0.6 is 0 Å².